The summed E-state index contributed by atoms with van der Waals surface area (Å²) in [4.78, 5) is 11.3. The Morgan fingerprint density at radius 2 is 2.18 bits per heavy atom. The molecule has 1 aromatic rings. The first-order chi connectivity index (χ1) is 8.06. The van der Waals surface area contributed by atoms with Gasteiger partial charge in [-0.25, -0.2) is 0 Å². The first-order valence-electron chi connectivity index (χ1n) is 6.02. The van der Waals surface area contributed by atoms with Gasteiger partial charge in [0.25, 0.3) is 0 Å². The fourth-order valence-corrected chi connectivity index (χ4v) is 1.91. The van der Waals surface area contributed by atoms with Crippen LogP contribution < -0.4 is 16.4 Å². The summed E-state index contributed by atoms with van der Waals surface area (Å²) in [6.45, 7) is 5.21. The topological polar surface area (TPSA) is 67.2 Å². The zero-order valence-corrected chi connectivity index (χ0v) is 10.3. The molecule has 1 aliphatic heterocycles. The second-order valence-corrected chi connectivity index (χ2v) is 4.92. The van der Waals surface area contributed by atoms with Crippen LogP contribution in [0.5, 0.6) is 0 Å². The Bertz CT molecular complexity index is 441. The Morgan fingerprint density at radius 3 is 2.88 bits per heavy atom. The van der Waals surface area contributed by atoms with Crippen molar-refractivity contribution in [2.24, 2.45) is 5.92 Å². The van der Waals surface area contributed by atoms with Crippen molar-refractivity contribution in [2.45, 2.75) is 26.7 Å². The van der Waals surface area contributed by atoms with Crippen LogP contribution in [-0.2, 0) is 11.2 Å². The lowest BCUT2D eigenvalue weighted by molar-refractivity contribution is -0.116. The van der Waals surface area contributed by atoms with Gasteiger partial charge in [-0.1, -0.05) is 13.8 Å². The number of anilines is 3. The summed E-state index contributed by atoms with van der Waals surface area (Å²) >= 11 is 0. The number of nitrogens with two attached hydrogens (primary N) is 1. The summed E-state index contributed by atoms with van der Waals surface area (Å²) in [6, 6.07) is 3.89. The number of benzene rings is 1. The van der Waals surface area contributed by atoms with Crippen LogP contribution in [0.2, 0.25) is 0 Å². The van der Waals surface area contributed by atoms with Gasteiger partial charge >= 0.3 is 0 Å². The molecule has 17 heavy (non-hydrogen) atoms. The molecule has 1 heterocycles. The van der Waals surface area contributed by atoms with E-state index in [0.717, 1.165) is 29.9 Å². The van der Waals surface area contributed by atoms with Crippen molar-refractivity contribution in [3.8, 4) is 0 Å². The molecule has 0 unspecified atom stereocenters. The Hall–Kier alpha value is -1.71. The molecule has 92 valence electrons. The van der Waals surface area contributed by atoms with E-state index < -0.39 is 0 Å². The van der Waals surface area contributed by atoms with Gasteiger partial charge in [0.1, 0.15) is 0 Å². The monoisotopic (exact) mass is 233 g/mol. The summed E-state index contributed by atoms with van der Waals surface area (Å²) in [7, 11) is 0. The number of rotatable bonds is 3. The minimum atomic E-state index is 0.0692. The van der Waals surface area contributed by atoms with Crippen molar-refractivity contribution < 1.29 is 4.79 Å². The van der Waals surface area contributed by atoms with Gasteiger partial charge in [-0.3, -0.25) is 4.79 Å². The molecule has 4 nitrogen and oxygen atoms in total. The lowest BCUT2D eigenvalue weighted by Crippen LogP contribution is -2.20. The fraction of sp³-hybridized carbons (Fsp3) is 0.462. The molecule has 0 fully saturated rings. The van der Waals surface area contributed by atoms with Gasteiger partial charge in [-0.2, -0.15) is 0 Å². The maximum absolute atomic E-state index is 11.3. The first-order valence-corrected chi connectivity index (χ1v) is 6.02. The van der Waals surface area contributed by atoms with E-state index in [-0.39, 0.29) is 5.91 Å². The first kappa shape index (κ1) is 11.8. The molecule has 0 spiro atoms. The third kappa shape index (κ3) is 2.70. The van der Waals surface area contributed by atoms with Gasteiger partial charge < -0.3 is 16.4 Å². The lowest BCUT2D eigenvalue weighted by Gasteiger charge is -2.20. The Balaban J connectivity index is 2.22. The average molecular weight is 233 g/mol. The number of nitrogens with one attached hydrogen (secondary N) is 2. The molecule has 4 N–H and O–H groups in total. The zero-order valence-electron chi connectivity index (χ0n) is 10.3. The van der Waals surface area contributed by atoms with Crippen LogP contribution in [0, 0.1) is 5.92 Å². The van der Waals surface area contributed by atoms with E-state index in [9.17, 15) is 4.79 Å². The van der Waals surface area contributed by atoms with Gasteiger partial charge in [0.05, 0.1) is 11.4 Å². The van der Waals surface area contributed by atoms with E-state index in [2.05, 4.69) is 24.5 Å². The third-order valence-corrected chi connectivity index (χ3v) is 2.87. The van der Waals surface area contributed by atoms with Crippen LogP contribution in [0.1, 0.15) is 25.8 Å². The SMILES string of the molecule is CC(C)CNc1cc2c(cc1N)NC(=O)CC2. The molecule has 0 atom stereocenters. The highest BCUT2D eigenvalue weighted by Gasteiger charge is 2.16. The van der Waals surface area contributed by atoms with E-state index in [1.807, 2.05) is 12.1 Å². The quantitative estimate of drug-likeness (QED) is 0.701. The molecule has 1 aromatic carbocycles. The van der Waals surface area contributed by atoms with Gasteiger partial charge in [0, 0.05) is 18.7 Å². The van der Waals surface area contributed by atoms with Crippen LogP contribution in [0.25, 0.3) is 0 Å². The number of fused-ring (bicyclic) bond motifs is 1. The zero-order chi connectivity index (χ0) is 12.4. The van der Waals surface area contributed by atoms with Crippen LogP contribution in [0.3, 0.4) is 0 Å². The Labute approximate surface area is 102 Å². The highest BCUT2D eigenvalue weighted by molar-refractivity contribution is 5.95. The standard InChI is InChI=1S/C13H19N3O/c1-8(2)7-15-12-5-9-3-4-13(17)16-11(9)6-10(12)14/h5-6,8,15H,3-4,7,14H2,1-2H3,(H,16,17). The molecule has 0 saturated heterocycles. The third-order valence-electron chi connectivity index (χ3n) is 2.87. The molecule has 1 amide bonds. The van der Waals surface area contributed by atoms with Crippen molar-refractivity contribution in [3.05, 3.63) is 17.7 Å². The Kier molecular flexibility index (Phi) is 3.22. The number of hydrogen-bond acceptors (Lipinski definition) is 3. The van der Waals surface area contributed by atoms with Gasteiger partial charge in [-0.05, 0) is 30.0 Å². The van der Waals surface area contributed by atoms with Crippen molar-refractivity contribution in [2.75, 3.05) is 22.9 Å². The molecule has 4 heteroatoms. The van der Waals surface area contributed by atoms with Gasteiger partial charge in [0.15, 0.2) is 0 Å². The number of aryl methyl sites for hydroxylation is 1. The molecule has 2 rings (SSSR count). The van der Waals surface area contributed by atoms with E-state index in [0.29, 0.717) is 18.0 Å². The summed E-state index contributed by atoms with van der Waals surface area (Å²) in [5.41, 5.74) is 9.63. The second-order valence-electron chi connectivity index (χ2n) is 4.92. The molecule has 0 saturated carbocycles. The molecule has 0 aliphatic carbocycles. The highest BCUT2D eigenvalue weighted by Crippen LogP contribution is 2.30. The minimum Gasteiger partial charge on any atom is -0.397 e. The number of carbonyl (C=O) groups excluding carboxylic acids is 1. The smallest absolute Gasteiger partial charge is 0.224 e. The van der Waals surface area contributed by atoms with E-state index in [1.54, 1.807) is 0 Å². The van der Waals surface area contributed by atoms with E-state index >= 15 is 0 Å². The van der Waals surface area contributed by atoms with E-state index in [1.165, 1.54) is 0 Å². The maximum atomic E-state index is 11.3. The van der Waals surface area contributed by atoms with Gasteiger partial charge in [-0.15, -0.1) is 0 Å². The maximum Gasteiger partial charge on any atom is 0.224 e. The lowest BCUT2D eigenvalue weighted by atomic mass is 10.0. The largest absolute Gasteiger partial charge is 0.397 e. The normalized spacial score (nSPS) is 14.4. The number of amides is 1. The molecule has 0 aromatic heterocycles. The van der Waals surface area contributed by atoms with Gasteiger partial charge in [0.2, 0.25) is 5.91 Å². The predicted octanol–water partition coefficient (Wildman–Crippen LogP) is 2.22. The van der Waals surface area contributed by atoms with Crippen molar-refractivity contribution in [1.29, 1.82) is 0 Å². The number of carbonyl (C=O) groups is 1. The molecular weight excluding hydrogens is 214 g/mol. The molecule has 0 radical (unpaired) electrons. The van der Waals surface area contributed by atoms with E-state index in [4.69, 9.17) is 5.73 Å². The number of hydrogen-bond donors (Lipinski definition) is 3. The summed E-state index contributed by atoms with van der Waals surface area (Å²) in [5.74, 6) is 0.643. The van der Waals surface area contributed by atoms with Crippen molar-refractivity contribution in [3.63, 3.8) is 0 Å². The van der Waals surface area contributed by atoms with Crippen molar-refractivity contribution in [1.82, 2.24) is 0 Å². The predicted molar refractivity (Wildman–Crippen MR) is 71.1 cm³/mol. The van der Waals surface area contributed by atoms with Crippen LogP contribution in [0.15, 0.2) is 12.1 Å². The Morgan fingerprint density at radius 1 is 1.41 bits per heavy atom. The molecular formula is C13H19N3O. The summed E-state index contributed by atoms with van der Waals surface area (Å²) in [5, 5.41) is 6.18. The van der Waals surface area contributed by atoms with Crippen LogP contribution >= 0.6 is 0 Å². The van der Waals surface area contributed by atoms with Crippen LogP contribution in [0.4, 0.5) is 17.1 Å². The minimum absolute atomic E-state index is 0.0692. The summed E-state index contributed by atoms with van der Waals surface area (Å²) in [6.07, 6.45) is 1.35. The highest BCUT2D eigenvalue weighted by atomic mass is 16.1. The fourth-order valence-electron chi connectivity index (χ4n) is 1.91. The van der Waals surface area contributed by atoms with Crippen molar-refractivity contribution >= 4 is 23.0 Å². The molecule has 1 aliphatic rings. The second kappa shape index (κ2) is 4.65. The average Bonchev–Trinajstić information content (AvgIpc) is 2.26. The molecule has 0 bridgehead atoms. The summed E-state index contributed by atoms with van der Waals surface area (Å²) < 4.78 is 0. The number of nitrogen functional groups attached to an aromatic ring is 1. The van der Waals surface area contributed by atoms with Crippen LogP contribution in [-0.4, -0.2) is 12.5 Å².